The van der Waals surface area contributed by atoms with Crippen molar-refractivity contribution in [2.45, 2.75) is 31.2 Å². The second-order valence-corrected chi connectivity index (χ2v) is 5.82. The van der Waals surface area contributed by atoms with Crippen molar-refractivity contribution in [2.24, 2.45) is 0 Å². The van der Waals surface area contributed by atoms with Crippen LogP contribution in [0.5, 0.6) is 0 Å². The molecule has 0 radical (unpaired) electrons. The standard InChI is InChI=1S/C11H19N3O2S/c1-10(2)13-7-4-8-14-17(15,16)11-5-3-6-12-9-11/h3,5-6,9-10,13-14H,4,7-8H2,1-2H3. The van der Waals surface area contributed by atoms with E-state index in [2.05, 4.69) is 28.9 Å². The first-order valence-electron chi connectivity index (χ1n) is 5.65. The van der Waals surface area contributed by atoms with E-state index in [9.17, 15) is 8.42 Å². The van der Waals surface area contributed by atoms with E-state index in [4.69, 9.17) is 0 Å². The fraction of sp³-hybridized carbons (Fsp3) is 0.545. The number of aromatic nitrogens is 1. The Morgan fingerprint density at radius 3 is 2.71 bits per heavy atom. The zero-order valence-electron chi connectivity index (χ0n) is 10.2. The lowest BCUT2D eigenvalue weighted by molar-refractivity contribution is 0.554. The van der Waals surface area contributed by atoms with Crippen LogP contribution < -0.4 is 10.0 Å². The van der Waals surface area contributed by atoms with E-state index in [1.54, 1.807) is 12.3 Å². The van der Waals surface area contributed by atoms with Gasteiger partial charge in [-0.25, -0.2) is 13.1 Å². The molecule has 17 heavy (non-hydrogen) atoms. The highest BCUT2D eigenvalue weighted by atomic mass is 32.2. The largest absolute Gasteiger partial charge is 0.314 e. The Hall–Kier alpha value is -0.980. The third kappa shape index (κ3) is 5.25. The van der Waals surface area contributed by atoms with Gasteiger partial charge in [0.25, 0.3) is 0 Å². The van der Waals surface area contributed by atoms with Crippen LogP contribution in [0.4, 0.5) is 0 Å². The molecule has 2 N–H and O–H groups in total. The maximum absolute atomic E-state index is 11.8. The van der Waals surface area contributed by atoms with Gasteiger partial charge in [0.15, 0.2) is 0 Å². The summed E-state index contributed by atoms with van der Waals surface area (Å²) in [6, 6.07) is 3.56. The van der Waals surface area contributed by atoms with Crippen LogP contribution in [0.2, 0.25) is 0 Å². The maximum Gasteiger partial charge on any atom is 0.242 e. The Balaban J connectivity index is 2.36. The summed E-state index contributed by atoms with van der Waals surface area (Å²) < 4.78 is 26.1. The molecule has 0 saturated heterocycles. The third-order valence-corrected chi connectivity index (χ3v) is 3.59. The lowest BCUT2D eigenvalue weighted by Crippen LogP contribution is -2.29. The van der Waals surface area contributed by atoms with Crippen LogP contribution in [-0.2, 0) is 10.0 Å². The van der Waals surface area contributed by atoms with Gasteiger partial charge in [0, 0.05) is 25.0 Å². The van der Waals surface area contributed by atoms with Crippen molar-refractivity contribution in [3.63, 3.8) is 0 Å². The number of hydrogen-bond donors (Lipinski definition) is 2. The predicted octanol–water partition coefficient (Wildman–Crippen LogP) is 0.748. The maximum atomic E-state index is 11.8. The quantitative estimate of drug-likeness (QED) is 0.707. The molecule has 1 rings (SSSR count). The molecule has 0 atom stereocenters. The summed E-state index contributed by atoms with van der Waals surface area (Å²) in [5.74, 6) is 0. The Labute approximate surface area is 103 Å². The molecular formula is C11H19N3O2S. The van der Waals surface area contributed by atoms with Crippen molar-refractivity contribution in [1.82, 2.24) is 15.0 Å². The lowest BCUT2D eigenvalue weighted by Gasteiger charge is -2.09. The average molecular weight is 257 g/mol. The van der Waals surface area contributed by atoms with E-state index in [0.717, 1.165) is 13.0 Å². The second-order valence-electron chi connectivity index (χ2n) is 4.05. The van der Waals surface area contributed by atoms with Gasteiger partial charge >= 0.3 is 0 Å². The second kappa shape index (κ2) is 6.68. The molecule has 0 aliphatic heterocycles. The molecule has 1 heterocycles. The molecule has 0 spiro atoms. The molecule has 1 aromatic heterocycles. The van der Waals surface area contributed by atoms with Gasteiger partial charge in [-0.1, -0.05) is 13.8 Å². The molecule has 0 amide bonds. The molecule has 0 aromatic carbocycles. The number of nitrogens with zero attached hydrogens (tertiary/aromatic N) is 1. The highest BCUT2D eigenvalue weighted by Gasteiger charge is 2.12. The van der Waals surface area contributed by atoms with Crippen LogP contribution in [0.3, 0.4) is 0 Å². The average Bonchev–Trinajstić information content (AvgIpc) is 2.29. The minimum Gasteiger partial charge on any atom is -0.314 e. The van der Waals surface area contributed by atoms with E-state index in [1.807, 2.05) is 0 Å². The zero-order valence-corrected chi connectivity index (χ0v) is 11.0. The van der Waals surface area contributed by atoms with E-state index < -0.39 is 10.0 Å². The van der Waals surface area contributed by atoms with Crippen molar-refractivity contribution in [1.29, 1.82) is 0 Å². The minimum atomic E-state index is -3.40. The number of rotatable bonds is 7. The van der Waals surface area contributed by atoms with Crippen LogP contribution in [0.1, 0.15) is 20.3 Å². The molecular weight excluding hydrogens is 238 g/mol. The zero-order chi connectivity index (χ0) is 12.7. The Morgan fingerprint density at radius 2 is 2.12 bits per heavy atom. The third-order valence-electron chi connectivity index (χ3n) is 2.14. The Kier molecular flexibility index (Phi) is 5.54. The van der Waals surface area contributed by atoms with Crippen molar-refractivity contribution >= 4 is 10.0 Å². The number of pyridine rings is 1. The van der Waals surface area contributed by atoms with Crippen LogP contribution in [-0.4, -0.2) is 32.5 Å². The summed E-state index contributed by atoms with van der Waals surface area (Å²) in [5, 5.41) is 3.22. The first-order valence-corrected chi connectivity index (χ1v) is 7.14. The summed E-state index contributed by atoms with van der Waals surface area (Å²) in [6.07, 6.45) is 3.65. The molecule has 0 fully saturated rings. The van der Waals surface area contributed by atoms with Crippen molar-refractivity contribution in [2.75, 3.05) is 13.1 Å². The van der Waals surface area contributed by atoms with E-state index >= 15 is 0 Å². The SMILES string of the molecule is CC(C)NCCCNS(=O)(=O)c1cccnc1. The van der Waals surface area contributed by atoms with Crippen LogP contribution in [0, 0.1) is 0 Å². The van der Waals surface area contributed by atoms with Gasteiger partial charge < -0.3 is 5.32 Å². The first-order chi connectivity index (χ1) is 8.02. The van der Waals surface area contributed by atoms with E-state index in [0.29, 0.717) is 12.6 Å². The molecule has 1 aromatic rings. The van der Waals surface area contributed by atoms with E-state index in [-0.39, 0.29) is 4.90 Å². The number of sulfonamides is 1. The number of nitrogens with one attached hydrogen (secondary N) is 2. The minimum absolute atomic E-state index is 0.205. The van der Waals surface area contributed by atoms with Gasteiger partial charge in [-0.15, -0.1) is 0 Å². The number of hydrogen-bond acceptors (Lipinski definition) is 4. The highest BCUT2D eigenvalue weighted by molar-refractivity contribution is 7.89. The Morgan fingerprint density at radius 1 is 1.35 bits per heavy atom. The topological polar surface area (TPSA) is 71.1 Å². The van der Waals surface area contributed by atoms with E-state index in [1.165, 1.54) is 12.3 Å². The van der Waals surface area contributed by atoms with Gasteiger partial charge in [-0.2, -0.15) is 0 Å². The molecule has 0 saturated carbocycles. The summed E-state index contributed by atoms with van der Waals surface area (Å²) in [7, 11) is -3.40. The van der Waals surface area contributed by atoms with Gasteiger partial charge in [-0.05, 0) is 25.1 Å². The summed E-state index contributed by atoms with van der Waals surface area (Å²) in [6.45, 7) is 5.34. The highest BCUT2D eigenvalue weighted by Crippen LogP contribution is 2.04. The summed E-state index contributed by atoms with van der Waals surface area (Å²) >= 11 is 0. The van der Waals surface area contributed by atoms with Crippen molar-refractivity contribution in [3.8, 4) is 0 Å². The molecule has 0 aliphatic rings. The molecule has 5 nitrogen and oxygen atoms in total. The molecule has 6 heteroatoms. The normalized spacial score (nSPS) is 11.9. The van der Waals surface area contributed by atoms with Gasteiger partial charge in [0.05, 0.1) is 0 Å². The fourth-order valence-electron chi connectivity index (χ4n) is 1.28. The molecule has 96 valence electrons. The first kappa shape index (κ1) is 14.1. The van der Waals surface area contributed by atoms with Crippen LogP contribution >= 0.6 is 0 Å². The molecule has 0 aliphatic carbocycles. The predicted molar refractivity (Wildman–Crippen MR) is 67.2 cm³/mol. The van der Waals surface area contributed by atoms with Crippen LogP contribution in [0.25, 0.3) is 0 Å². The lowest BCUT2D eigenvalue weighted by atomic mass is 10.3. The molecule has 0 bridgehead atoms. The van der Waals surface area contributed by atoms with Gasteiger partial charge in [-0.3, -0.25) is 4.98 Å². The van der Waals surface area contributed by atoms with Crippen molar-refractivity contribution < 1.29 is 8.42 Å². The fourth-order valence-corrected chi connectivity index (χ4v) is 2.31. The summed E-state index contributed by atoms with van der Waals surface area (Å²) in [5.41, 5.74) is 0. The monoisotopic (exact) mass is 257 g/mol. The van der Waals surface area contributed by atoms with Gasteiger partial charge in [0.2, 0.25) is 10.0 Å². The Bertz CT molecular complexity index is 418. The van der Waals surface area contributed by atoms with Gasteiger partial charge in [0.1, 0.15) is 4.90 Å². The molecule has 0 unspecified atom stereocenters. The smallest absolute Gasteiger partial charge is 0.242 e. The van der Waals surface area contributed by atoms with Crippen LogP contribution in [0.15, 0.2) is 29.4 Å². The summed E-state index contributed by atoms with van der Waals surface area (Å²) in [4.78, 5) is 3.99. The van der Waals surface area contributed by atoms with Crippen molar-refractivity contribution in [3.05, 3.63) is 24.5 Å².